The molecule has 0 fully saturated rings. The first-order valence-electron chi connectivity index (χ1n) is 9.19. The minimum absolute atomic E-state index is 0.137. The highest BCUT2D eigenvalue weighted by Gasteiger charge is 2.26. The van der Waals surface area contributed by atoms with Gasteiger partial charge in [-0.15, -0.1) is 0 Å². The van der Waals surface area contributed by atoms with Crippen molar-refractivity contribution in [2.24, 2.45) is 0 Å². The number of nitrogens with one attached hydrogen (secondary N) is 1. The predicted molar refractivity (Wildman–Crippen MR) is 108 cm³/mol. The number of nitrogens with zero attached hydrogens (tertiary/aromatic N) is 1. The van der Waals surface area contributed by atoms with E-state index in [2.05, 4.69) is 5.32 Å². The van der Waals surface area contributed by atoms with Gasteiger partial charge in [-0.05, 0) is 55.7 Å². The summed E-state index contributed by atoms with van der Waals surface area (Å²) in [6.45, 7) is 5.77. The molecule has 150 valence electrons. The van der Waals surface area contributed by atoms with Crippen LogP contribution in [0.1, 0.15) is 23.6 Å². The molecule has 2 aromatic rings. The number of hydrogen-bond donors (Lipinski definition) is 1. The van der Waals surface area contributed by atoms with E-state index in [9.17, 15) is 9.59 Å². The van der Waals surface area contributed by atoms with Gasteiger partial charge in [-0.1, -0.05) is 24.3 Å². The van der Waals surface area contributed by atoms with Crippen LogP contribution in [-0.4, -0.2) is 43.5 Å². The average Bonchev–Trinajstić information content (AvgIpc) is 2.71. The lowest BCUT2D eigenvalue weighted by molar-refractivity contribution is -0.142. The molecular formula is C22H28N2O4. The van der Waals surface area contributed by atoms with E-state index in [1.807, 2.05) is 56.3 Å². The molecule has 0 saturated carbocycles. The van der Waals surface area contributed by atoms with Crippen LogP contribution < -0.4 is 14.8 Å². The van der Waals surface area contributed by atoms with Crippen LogP contribution in [0.3, 0.4) is 0 Å². The van der Waals surface area contributed by atoms with Crippen molar-refractivity contribution in [3.8, 4) is 11.5 Å². The van der Waals surface area contributed by atoms with Crippen LogP contribution in [0.4, 0.5) is 0 Å². The smallest absolute Gasteiger partial charge is 0.261 e. The van der Waals surface area contributed by atoms with Crippen molar-refractivity contribution in [1.29, 1.82) is 0 Å². The Labute approximate surface area is 166 Å². The third kappa shape index (κ3) is 5.49. The van der Waals surface area contributed by atoms with Gasteiger partial charge < -0.3 is 19.7 Å². The van der Waals surface area contributed by atoms with Gasteiger partial charge in [0, 0.05) is 13.6 Å². The summed E-state index contributed by atoms with van der Waals surface area (Å²) in [5, 5.41) is 2.60. The number of hydrogen-bond acceptors (Lipinski definition) is 4. The fourth-order valence-electron chi connectivity index (χ4n) is 2.80. The molecule has 0 spiro atoms. The Morgan fingerprint density at radius 2 is 1.79 bits per heavy atom. The Bertz CT molecular complexity index is 818. The van der Waals surface area contributed by atoms with E-state index < -0.39 is 6.04 Å². The number of carbonyl (C=O) groups excluding carboxylic acids is 2. The largest absolute Gasteiger partial charge is 0.497 e. The minimum Gasteiger partial charge on any atom is -0.497 e. The summed E-state index contributed by atoms with van der Waals surface area (Å²) in [5.41, 5.74) is 2.91. The van der Waals surface area contributed by atoms with Crippen molar-refractivity contribution in [3.63, 3.8) is 0 Å². The van der Waals surface area contributed by atoms with Gasteiger partial charge >= 0.3 is 0 Å². The highest BCUT2D eigenvalue weighted by Crippen LogP contribution is 2.20. The lowest BCUT2D eigenvalue weighted by Crippen LogP contribution is -2.48. The number of carbonyl (C=O) groups is 2. The summed E-state index contributed by atoms with van der Waals surface area (Å²) in [5.74, 6) is 0.922. The molecule has 0 bridgehead atoms. The van der Waals surface area contributed by atoms with Crippen LogP contribution in [0.2, 0.25) is 0 Å². The van der Waals surface area contributed by atoms with Crippen molar-refractivity contribution in [3.05, 3.63) is 59.2 Å². The number of aryl methyl sites for hydroxylation is 2. The van der Waals surface area contributed by atoms with Crippen LogP contribution in [0.25, 0.3) is 0 Å². The molecule has 6 nitrogen and oxygen atoms in total. The molecule has 2 rings (SSSR count). The van der Waals surface area contributed by atoms with Crippen molar-refractivity contribution in [2.45, 2.75) is 33.4 Å². The highest BCUT2D eigenvalue weighted by atomic mass is 16.5. The Balaban J connectivity index is 2.15. The SMILES string of the molecule is CNC(=O)C(C)N(Cc1ccc(OC)cc1)C(=O)COc1cc(C)ccc1C. The standard InChI is InChI=1S/C22H28N2O4/c1-15-6-7-16(2)20(12-15)28-14-21(25)24(17(3)22(26)23-4)13-18-8-10-19(27-5)11-9-18/h6-12,17H,13-14H2,1-5H3,(H,23,26). The van der Waals surface area contributed by atoms with Gasteiger partial charge in [-0.2, -0.15) is 0 Å². The van der Waals surface area contributed by atoms with Gasteiger partial charge in [0.25, 0.3) is 5.91 Å². The van der Waals surface area contributed by atoms with Crippen molar-refractivity contribution in [1.82, 2.24) is 10.2 Å². The molecule has 1 atom stereocenters. The maximum absolute atomic E-state index is 12.9. The van der Waals surface area contributed by atoms with E-state index in [0.717, 1.165) is 22.4 Å². The molecule has 28 heavy (non-hydrogen) atoms. The number of methoxy groups -OCH3 is 1. The fourth-order valence-corrected chi connectivity index (χ4v) is 2.80. The summed E-state index contributed by atoms with van der Waals surface area (Å²) in [6.07, 6.45) is 0. The summed E-state index contributed by atoms with van der Waals surface area (Å²) in [4.78, 5) is 26.6. The number of ether oxygens (including phenoxy) is 2. The van der Waals surface area contributed by atoms with Gasteiger partial charge in [-0.3, -0.25) is 9.59 Å². The first-order chi connectivity index (χ1) is 13.3. The molecule has 2 aromatic carbocycles. The topological polar surface area (TPSA) is 67.9 Å². The number of amides is 2. The zero-order valence-electron chi connectivity index (χ0n) is 17.1. The van der Waals surface area contributed by atoms with Crippen LogP contribution >= 0.6 is 0 Å². The van der Waals surface area contributed by atoms with E-state index in [4.69, 9.17) is 9.47 Å². The molecule has 0 heterocycles. The van der Waals surface area contributed by atoms with E-state index in [-0.39, 0.29) is 18.4 Å². The van der Waals surface area contributed by atoms with Crippen LogP contribution in [0, 0.1) is 13.8 Å². The molecule has 1 unspecified atom stereocenters. The molecule has 0 saturated heterocycles. The monoisotopic (exact) mass is 384 g/mol. The molecule has 0 aromatic heterocycles. The summed E-state index contributed by atoms with van der Waals surface area (Å²) < 4.78 is 10.9. The molecule has 1 N–H and O–H groups in total. The second-order valence-electron chi connectivity index (χ2n) is 6.72. The van der Waals surface area contributed by atoms with Crippen LogP contribution in [0.15, 0.2) is 42.5 Å². The maximum Gasteiger partial charge on any atom is 0.261 e. The van der Waals surface area contributed by atoms with E-state index in [1.165, 1.54) is 4.90 Å². The normalized spacial score (nSPS) is 11.5. The molecule has 6 heteroatoms. The van der Waals surface area contributed by atoms with Crippen molar-refractivity contribution < 1.29 is 19.1 Å². The number of benzene rings is 2. The first-order valence-corrected chi connectivity index (χ1v) is 9.19. The third-order valence-electron chi connectivity index (χ3n) is 4.62. The maximum atomic E-state index is 12.9. The lowest BCUT2D eigenvalue weighted by Gasteiger charge is -2.28. The number of likely N-dealkylation sites (N-methyl/N-ethyl adjacent to an activating group) is 1. The van der Waals surface area contributed by atoms with Gasteiger partial charge in [-0.25, -0.2) is 0 Å². The Hall–Kier alpha value is -3.02. The summed E-state index contributed by atoms with van der Waals surface area (Å²) in [6, 6.07) is 12.6. The molecule has 2 amide bonds. The van der Waals surface area contributed by atoms with E-state index >= 15 is 0 Å². The molecule has 0 aliphatic heterocycles. The Morgan fingerprint density at radius 3 is 2.39 bits per heavy atom. The molecule has 0 radical (unpaired) electrons. The van der Waals surface area contributed by atoms with E-state index in [1.54, 1.807) is 21.1 Å². The highest BCUT2D eigenvalue weighted by molar-refractivity contribution is 5.87. The summed E-state index contributed by atoms with van der Waals surface area (Å²) >= 11 is 0. The van der Waals surface area contributed by atoms with Gasteiger partial charge in [0.15, 0.2) is 6.61 Å². The second kappa shape index (κ2) is 9.78. The Morgan fingerprint density at radius 1 is 1.11 bits per heavy atom. The van der Waals surface area contributed by atoms with Crippen molar-refractivity contribution in [2.75, 3.05) is 20.8 Å². The zero-order valence-corrected chi connectivity index (χ0v) is 17.1. The third-order valence-corrected chi connectivity index (χ3v) is 4.62. The molecule has 0 aliphatic rings. The lowest BCUT2D eigenvalue weighted by atomic mass is 10.1. The Kier molecular flexibility index (Phi) is 7.44. The zero-order chi connectivity index (χ0) is 20.7. The molecular weight excluding hydrogens is 356 g/mol. The fraction of sp³-hybridized carbons (Fsp3) is 0.364. The average molecular weight is 384 g/mol. The van der Waals surface area contributed by atoms with Crippen LogP contribution in [0.5, 0.6) is 11.5 Å². The van der Waals surface area contributed by atoms with Gasteiger partial charge in [0.1, 0.15) is 17.5 Å². The summed E-state index contributed by atoms with van der Waals surface area (Å²) in [7, 11) is 3.16. The number of rotatable bonds is 8. The van der Waals surface area contributed by atoms with Gasteiger partial charge in [0.05, 0.1) is 7.11 Å². The van der Waals surface area contributed by atoms with Crippen molar-refractivity contribution >= 4 is 11.8 Å². The second-order valence-corrected chi connectivity index (χ2v) is 6.72. The molecule has 0 aliphatic carbocycles. The van der Waals surface area contributed by atoms with Crippen LogP contribution in [-0.2, 0) is 16.1 Å². The van der Waals surface area contributed by atoms with Gasteiger partial charge in [0.2, 0.25) is 5.91 Å². The minimum atomic E-state index is -0.623. The quantitative estimate of drug-likeness (QED) is 0.760. The first kappa shape index (κ1) is 21.3. The van der Waals surface area contributed by atoms with E-state index in [0.29, 0.717) is 12.3 Å². The predicted octanol–water partition coefficient (Wildman–Crippen LogP) is 2.85.